The van der Waals surface area contributed by atoms with Crippen molar-refractivity contribution in [3.63, 3.8) is 0 Å². The summed E-state index contributed by atoms with van der Waals surface area (Å²) < 4.78 is 0. The van der Waals surface area contributed by atoms with Crippen LogP contribution in [0, 0.1) is 0 Å². The van der Waals surface area contributed by atoms with E-state index in [1.165, 1.54) is 0 Å². The first-order valence-corrected chi connectivity index (χ1v) is 3.20. The van der Waals surface area contributed by atoms with E-state index in [1.807, 2.05) is 6.20 Å². The van der Waals surface area contributed by atoms with Gasteiger partial charge in [-0.05, 0) is 0 Å². The first-order valence-electron chi connectivity index (χ1n) is 2.21. The van der Waals surface area contributed by atoms with E-state index in [1.54, 1.807) is 11.8 Å². The molecule has 0 aromatic rings. The molecule has 1 heterocycles. The van der Waals surface area contributed by atoms with Crippen LogP contribution in [0.15, 0.2) is 11.2 Å². The zero-order valence-electron chi connectivity index (χ0n) is 3.98. The number of nitrogens with two attached hydrogens (primary N) is 1. The zero-order valence-corrected chi connectivity index (χ0v) is 4.79. The molecule has 1 rings (SSSR count). The third-order valence-electron chi connectivity index (χ3n) is 0.759. The number of thioether (sulfide) groups is 1. The van der Waals surface area contributed by atoms with Crippen molar-refractivity contribution in [2.45, 2.75) is 0 Å². The van der Waals surface area contributed by atoms with Gasteiger partial charge < -0.3 is 11.1 Å². The summed E-state index contributed by atoms with van der Waals surface area (Å²) in [6, 6.07) is 0. The SMILES string of the molecule is NC1=CNCCS1. The van der Waals surface area contributed by atoms with Crippen molar-refractivity contribution >= 4 is 11.8 Å². The molecule has 0 unspecified atom stereocenters. The first kappa shape index (κ1) is 4.84. The van der Waals surface area contributed by atoms with Crippen molar-refractivity contribution in [3.8, 4) is 0 Å². The van der Waals surface area contributed by atoms with Gasteiger partial charge >= 0.3 is 0 Å². The summed E-state index contributed by atoms with van der Waals surface area (Å²) >= 11 is 1.69. The topological polar surface area (TPSA) is 38.0 Å². The van der Waals surface area contributed by atoms with Gasteiger partial charge in [-0.3, -0.25) is 0 Å². The maximum absolute atomic E-state index is 5.40. The lowest BCUT2D eigenvalue weighted by molar-refractivity contribution is 0.912. The van der Waals surface area contributed by atoms with Crippen molar-refractivity contribution in [1.29, 1.82) is 0 Å². The van der Waals surface area contributed by atoms with Gasteiger partial charge in [0.1, 0.15) is 0 Å². The minimum absolute atomic E-state index is 0.895. The Hall–Kier alpha value is -0.310. The first-order chi connectivity index (χ1) is 3.39. The third-order valence-corrected chi connectivity index (χ3v) is 1.62. The molecule has 0 amide bonds. The van der Waals surface area contributed by atoms with Gasteiger partial charge in [0.15, 0.2) is 0 Å². The van der Waals surface area contributed by atoms with Crippen molar-refractivity contribution < 1.29 is 0 Å². The molecular formula is C4H8N2S. The molecule has 0 saturated carbocycles. The van der Waals surface area contributed by atoms with Crippen molar-refractivity contribution in [2.75, 3.05) is 12.3 Å². The lowest BCUT2D eigenvalue weighted by Crippen LogP contribution is -2.17. The molecule has 3 heteroatoms. The molecule has 0 aliphatic carbocycles. The maximum Gasteiger partial charge on any atom is 0.0815 e. The third kappa shape index (κ3) is 1.31. The Kier molecular flexibility index (Phi) is 1.46. The van der Waals surface area contributed by atoms with Gasteiger partial charge in [-0.2, -0.15) is 0 Å². The van der Waals surface area contributed by atoms with Gasteiger partial charge in [-0.1, -0.05) is 0 Å². The van der Waals surface area contributed by atoms with E-state index in [0.29, 0.717) is 0 Å². The van der Waals surface area contributed by atoms with Crippen LogP contribution in [0.4, 0.5) is 0 Å². The highest BCUT2D eigenvalue weighted by atomic mass is 32.2. The van der Waals surface area contributed by atoms with E-state index in [9.17, 15) is 0 Å². The Morgan fingerprint density at radius 1 is 1.86 bits per heavy atom. The molecule has 0 aromatic carbocycles. The fourth-order valence-electron chi connectivity index (χ4n) is 0.442. The van der Waals surface area contributed by atoms with Crippen LogP contribution in [0.1, 0.15) is 0 Å². The lowest BCUT2D eigenvalue weighted by Gasteiger charge is -2.07. The summed E-state index contributed by atoms with van der Waals surface area (Å²) in [6.45, 7) is 1.05. The monoisotopic (exact) mass is 116 g/mol. The molecular weight excluding hydrogens is 108 g/mol. The Balaban J connectivity index is 2.40. The normalized spacial score (nSPS) is 20.3. The predicted molar refractivity (Wildman–Crippen MR) is 32.7 cm³/mol. The van der Waals surface area contributed by atoms with Gasteiger partial charge in [-0.25, -0.2) is 0 Å². The van der Waals surface area contributed by atoms with E-state index in [-0.39, 0.29) is 0 Å². The van der Waals surface area contributed by atoms with Crippen LogP contribution in [-0.2, 0) is 0 Å². The van der Waals surface area contributed by atoms with Crippen LogP contribution in [0.3, 0.4) is 0 Å². The van der Waals surface area contributed by atoms with Gasteiger partial charge in [0.2, 0.25) is 0 Å². The second-order valence-corrected chi connectivity index (χ2v) is 2.52. The molecule has 1 aliphatic rings. The summed E-state index contributed by atoms with van der Waals surface area (Å²) in [7, 11) is 0. The van der Waals surface area contributed by atoms with Crippen LogP contribution in [0.2, 0.25) is 0 Å². The van der Waals surface area contributed by atoms with Crippen LogP contribution in [0.25, 0.3) is 0 Å². The van der Waals surface area contributed by atoms with Crippen molar-refractivity contribution in [2.24, 2.45) is 5.73 Å². The molecule has 3 N–H and O–H groups in total. The molecule has 0 saturated heterocycles. The van der Waals surface area contributed by atoms with Gasteiger partial charge in [-0.15, -0.1) is 11.8 Å². The highest BCUT2D eigenvalue weighted by molar-refractivity contribution is 8.03. The average Bonchev–Trinajstić information content (AvgIpc) is 1.69. The van der Waals surface area contributed by atoms with E-state index >= 15 is 0 Å². The Morgan fingerprint density at radius 3 is 3.00 bits per heavy atom. The number of nitrogens with one attached hydrogen (secondary N) is 1. The molecule has 40 valence electrons. The summed E-state index contributed by atoms with van der Waals surface area (Å²) in [5.41, 5.74) is 5.40. The molecule has 7 heavy (non-hydrogen) atoms. The van der Waals surface area contributed by atoms with Crippen LogP contribution >= 0.6 is 11.8 Å². The average molecular weight is 116 g/mol. The molecule has 1 aliphatic heterocycles. The minimum atomic E-state index is 0.895. The Labute approximate surface area is 47.2 Å². The van der Waals surface area contributed by atoms with E-state index in [4.69, 9.17) is 5.73 Å². The smallest absolute Gasteiger partial charge is 0.0815 e. The summed E-state index contributed by atoms with van der Waals surface area (Å²) in [5.74, 6) is 1.10. The standard InChI is InChI=1S/C4H8N2S/c5-4-3-6-1-2-7-4/h3,6H,1-2,5H2. The van der Waals surface area contributed by atoms with E-state index in [0.717, 1.165) is 17.3 Å². The largest absolute Gasteiger partial charge is 0.392 e. The van der Waals surface area contributed by atoms with Gasteiger partial charge in [0, 0.05) is 18.5 Å². The molecule has 0 fully saturated rings. The predicted octanol–water partition coefficient (Wildman–Crippen LogP) is 0.0804. The Morgan fingerprint density at radius 2 is 2.71 bits per heavy atom. The second kappa shape index (κ2) is 2.12. The second-order valence-electron chi connectivity index (χ2n) is 1.35. The van der Waals surface area contributed by atoms with Crippen LogP contribution < -0.4 is 11.1 Å². The highest BCUT2D eigenvalue weighted by Gasteiger charge is 1.95. The van der Waals surface area contributed by atoms with E-state index < -0.39 is 0 Å². The number of rotatable bonds is 0. The molecule has 2 nitrogen and oxygen atoms in total. The van der Waals surface area contributed by atoms with Crippen molar-refractivity contribution in [1.82, 2.24) is 5.32 Å². The quantitative estimate of drug-likeness (QED) is 0.470. The summed E-state index contributed by atoms with van der Waals surface area (Å²) in [5, 5.41) is 3.92. The fourth-order valence-corrected chi connectivity index (χ4v) is 1.06. The Bertz CT molecular complexity index is 89.7. The summed E-state index contributed by atoms with van der Waals surface area (Å²) in [6.07, 6.45) is 1.84. The molecule has 0 atom stereocenters. The lowest BCUT2D eigenvalue weighted by atomic mass is 10.7. The molecule has 0 radical (unpaired) electrons. The van der Waals surface area contributed by atoms with Gasteiger partial charge in [0.25, 0.3) is 0 Å². The van der Waals surface area contributed by atoms with E-state index in [2.05, 4.69) is 5.32 Å². The maximum atomic E-state index is 5.40. The highest BCUT2D eigenvalue weighted by Crippen LogP contribution is 2.09. The van der Waals surface area contributed by atoms with Gasteiger partial charge in [0.05, 0.1) is 5.03 Å². The minimum Gasteiger partial charge on any atom is -0.392 e. The molecule has 0 aromatic heterocycles. The fraction of sp³-hybridized carbons (Fsp3) is 0.500. The number of hydrogen-bond acceptors (Lipinski definition) is 3. The molecule has 0 bridgehead atoms. The van der Waals surface area contributed by atoms with Crippen LogP contribution in [0.5, 0.6) is 0 Å². The number of hydrogen-bond donors (Lipinski definition) is 2. The zero-order chi connectivity index (χ0) is 5.11. The molecule has 0 spiro atoms. The van der Waals surface area contributed by atoms with Crippen LogP contribution in [-0.4, -0.2) is 12.3 Å². The van der Waals surface area contributed by atoms with Crippen molar-refractivity contribution in [3.05, 3.63) is 11.2 Å². The summed E-state index contributed by atoms with van der Waals surface area (Å²) in [4.78, 5) is 0.